The van der Waals surface area contributed by atoms with Gasteiger partial charge in [0.25, 0.3) is 0 Å². The Labute approximate surface area is 237 Å². The van der Waals surface area contributed by atoms with Crippen LogP contribution in [0.2, 0.25) is 0 Å². The molecule has 0 saturated carbocycles. The molecule has 3 heterocycles. The van der Waals surface area contributed by atoms with Crippen LogP contribution in [0.3, 0.4) is 0 Å². The molecule has 2 N–H and O–H groups in total. The highest BCUT2D eigenvalue weighted by atomic mass is 16.5. The zero-order chi connectivity index (χ0) is 27.7. The molecule has 0 spiro atoms. The van der Waals surface area contributed by atoms with Crippen LogP contribution in [0, 0.1) is 11.8 Å². The minimum Gasteiger partial charge on any atom is -0.497 e. The summed E-state index contributed by atoms with van der Waals surface area (Å²) < 4.78 is 17.0. The number of fused-ring (bicyclic) bond motifs is 3. The second-order valence-electron chi connectivity index (χ2n) is 11.0. The Hall–Kier alpha value is -3.30. The molecule has 216 valence electrons. The Morgan fingerprint density at radius 3 is 2.65 bits per heavy atom. The molecule has 0 aromatic heterocycles. The highest BCUT2D eigenvalue weighted by Crippen LogP contribution is 2.31. The summed E-state index contributed by atoms with van der Waals surface area (Å²) in [6, 6.07) is 14.1. The smallest absolute Gasteiger partial charge is 0.236 e. The lowest BCUT2D eigenvalue weighted by Gasteiger charge is -2.38. The van der Waals surface area contributed by atoms with E-state index in [4.69, 9.17) is 14.2 Å². The number of nitrogens with one attached hydrogen (secondary N) is 2. The molecule has 2 fully saturated rings. The van der Waals surface area contributed by atoms with Crippen molar-refractivity contribution >= 4 is 17.5 Å². The summed E-state index contributed by atoms with van der Waals surface area (Å²) in [6.45, 7) is 6.61. The predicted molar refractivity (Wildman–Crippen MR) is 154 cm³/mol. The largest absolute Gasteiger partial charge is 0.497 e. The van der Waals surface area contributed by atoms with Crippen LogP contribution < -0.4 is 25.0 Å². The van der Waals surface area contributed by atoms with E-state index in [1.165, 1.54) is 0 Å². The number of carbonyl (C=O) groups excluding carboxylic acids is 2. The lowest BCUT2D eigenvalue weighted by molar-refractivity contribution is -0.133. The summed E-state index contributed by atoms with van der Waals surface area (Å²) in [7, 11) is 1.64. The van der Waals surface area contributed by atoms with Crippen molar-refractivity contribution in [3.63, 3.8) is 0 Å². The molecule has 2 saturated heterocycles. The van der Waals surface area contributed by atoms with Crippen molar-refractivity contribution in [2.24, 2.45) is 11.8 Å². The molecular weight excluding hydrogens is 508 g/mol. The van der Waals surface area contributed by atoms with E-state index in [1.54, 1.807) is 7.11 Å². The van der Waals surface area contributed by atoms with Gasteiger partial charge >= 0.3 is 0 Å². The van der Waals surface area contributed by atoms with E-state index in [1.807, 2.05) is 29.2 Å². The molecule has 3 aliphatic rings. The van der Waals surface area contributed by atoms with Gasteiger partial charge in [-0.15, -0.1) is 0 Å². The number of methoxy groups -OCH3 is 1. The Morgan fingerprint density at radius 1 is 1.02 bits per heavy atom. The van der Waals surface area contributed by atoms with Gasteiger partial charge in [-0.2, -0.15) is 0 Å². The SMILES string of the molecule is COc1ccc(CNC(=O)C[C@@H]2CCN3C[C@@H]2CCCOc2ccc(N4CCOCC4)cc2CNCC3=O)cc1. The fourth-order valence-corrected chi connectivity index (χ4v) is 5.96. The molecule has 0 unspecified atom stereocenters. The fraction of sp³-hybridized carbons (Fsp3) is 0.548. The second kappa shape index (κ2) is 13.9. The third-order valence-corrected chi connectivity index (χ3v) is 8.33. The first kappa shape index (κ1) is 28.2. The molecule has 2 aromatic carbocycles. The summed E-state index contributed by atoms with van der Waals surface area (Å²) >= 11 is 0. The van der Waals surface area contributed by atoms with E-state index in [-0.39, 0.29) is 23.7 Å². The molecule has 2 amide bonds. The maximum Gasteiger partial charge on any atom is 0.236 e. The highest BCUT2D eigenvalue weighted by molar-refractivity contribution is 5.79. The number of rotatable bonds is 6. The minimum atomic E-state index is 0.0615. The first-order chi connectivity index (χ1) is 19.6. The van der Waals surface area contributed by atoms with Gasteiger partial charge in [0.15, 0.2) is 0 Å². The topological polar surface area (TPSA) is 92.4 Å². The average molecular weight is 551 g/mol. The highest BCUT2D eigenvalue weighted by Gasteiger charge is 2.32. The number of carbonyl (C=O) groups is 2. The molecule has 2 aromatic rings. The monoisotopic (exact) mass is 550 g/mol. The second-order valence-corrected chi connectivity index (χ2v) is 11.0. The number of amides is 2. The van der Waals surface area contributed by atoms with Crippen molar-refractivity contribution in [1.82, 2.24) is 15.5 Å². The van der Waals surface area contributed by atoms with Crippen molar-refractivity contribution in [3.8, 4) is 11.5 Å². The first-order valence-electron chi connectivity index (χ1n) is 14.6. The zero-order valence-corrected chi connectivity index (χ0v) is 23.5. The number of morpholine rings is 1. The van der Waals surface area contributed by atoms with E-state index in [9.17, 15) is 9.59 Å². The van der Waals surface area contributed by atoms with E-state index in [0.29, 0.717) is 45.8 Å². The Morgan fingerprint density at radius 2 is 1.85 bits per heavy atom. The summed E-state index contributed by atoms with van der Waals surface area (Å²) in [4.78, 5) is 30.3. The van der Waals surface area contributed by atoms with Gasteiger partial charge in [-0.05, 0) is 67.0 Å². The van der Waals surface area contributed by atoms with E-state index < -0.39 is 0 Å². The van der Waals surface area contributed by atoms with Crippen LogP contribution in [0.15, 0.2) is 42.5 Å². The summed E-state index contributed by atoms with van der Waals surface area (Å²) in [5.41, 5.74) is 3.27. The van der Waals surface area contributed by atoms with E-state index in [2.05, 4.69) is 33.7 Å². The van der Waals surface area contributed by atoms with Crippen molar-refractivity contribution in [3.05, 3.63) is 53.6 Å². The normalized spacial score (nSPS) is 22.2. The summed E-state index contributed by atoms with van der Waals surface area (Å²) in [5, 5.41) is 6.44. The molecule has 3 aliphatic heterocycles. The van der Waals surface area contributed by atoms with Crippen LogP contribution in [-0.2, 0) is 27.4 Å². The Balaban J connectivity index is 1.19. The molecule has 5 rings (SSSR count). The van der Waals surface area contributed by atoms with E-state index in [0.717, 1.165) is 73.9 Å². The molecule has 9 nitrogen and oxygen atoms in total. The summed E-state index contributed by atoms with van der Waals surface area (Å²) in [6.07, 6.45) is 3.13. The standard InChI is InChI=1S/C31H42N4O5/c1-38-28-7-4-23(5-8-28)19-33-30(36)18-24-10-11-35-22-25(24)3-2-14-40-29-9-6-27(34-12-15-39-16-13-34)17-26(29)20-32-21-31(35)37/h4-9,17,24-25,32H,2-3,10-16,18-22H2,1H3,(H,33,36)/t24-,25-/m0/s1. The number of hydrogen-bond donors (Lipinski definition) is 2. The van der Waals surface area contributed by atoms with Crippen LogP contribution >= 0.6 is 0 Å². The van der Waals surface area contributed by atoms with Gasteiger partial charge in [-0.1, -0.05) is 12.1 Å². The number of benzene rings is 2. The van der Waals surface area contributed by atoms with Crippen LogP contribution in [0.25, 0.3) is 0 Å². The van der Waals surface area contributed by atoms with Gasteiger partial charge < -0.3 is 34.6 Å². The van der Waals surface area contributed by atoms with E-state index >= 15 is 0 Å². The van der Waals surface area contributed by atoms with Crippen LogP contribution in [0.5, 0.6) is 11.5 Å². The van der Waals surface area contributed by atoms with Gasteiger partial charge in [0, 0.05) is 56.9 Å². The lowest BCUT2D eigenvalue weighted by Crippen LogP contribution is -2.47. The van der Waals surface area contributed by atoms with Crippen molar-refractivity contribution in [2.45, 2.75) is 38.8 Å². The molecule has 2 bridgehead atoms. The number of nitrogens with zero attached hydrogens (tertiary/aromatic N) is 2. The number of anilines is 1. The third kappa shape index (κ3) is 7.46. The molecule has 2 atom stereocenters. The number of piperidine rings is 1. The average Bonchev–Trinajstić information content (AvgIpc) is 3.00. The Kier molecular flexibility index (Phi) is 9.78. The maximum absolute atomic E-state index is 13.1. The molecule has 40 heavy (non-hydrogen) atoms. The molecule has 0 radical (unpaired) electrons. The Bertz CT molecular complexity index is 1140. The van der Waals surface area contributed by atoms with Crippen LogP contribution in [0.4, 0.5) is 5.69 Å². The van der Waals surface area contributed by atoms with Crippen molar-refractivity contribution in [1.29, 1.82) is 0 Å². The lowest BCUT2D eigenvalue weighted by atomic mass is 9.80. The van der Waals surface area contributed by atoms with Crippen molar-refractivity contribution in [2.75, 3.05) is 64.6 Å². The van der Waals surface area contributed by atoms with Gasteiger partial charge in [0.2, 0.25) is 11.8 Å². The molecular formula is C31H42N4O5. The fourth-order valence-electron chi connectivity index (χ4n) is 5.96. The van der Waals surface area contributed by atoms with Gasteiger partial charge in [-0.3, -0.25) is 9.59 Å². The van der Waals surface area contributed by atoms with Gasteiger partial charge in [-0.25, -0.2) is 0 Å². The molecule has 0 aliphatic carbocycles. The predicted octanol–water partition coefficient (Wildman–Crippen LogP) is 2.97. The van der Waals surface area contributed by atoms with Crippen LogP contribution in [0.1, 0.15) is 36.8 Å². The van der Waals surface area contributed by atoms with Gasteiger partial charge in [0.1, 0.15) is 11.5 Å². The number of hydrogen-bond acceptors (Lipinski definition) is 7. The third-order valence-electron chi connectivity index (χ3n) is 8.33. The first-order valence-corrected chi connectivity index (χ1v) is 14.6. The number of ether oxygens (including phenoxy) is 3. The van der Waals surface area contributed by atoms with Gasteiger partial charge in [0.05, 0.1) is 33.5 Å². The maximum atomic E-state index is 13.1. The zero-order valence-electron chi connectivity index (χ0n) is 23.5. The van der Waals surface area contributed by atoms with Crippen LogP contribution in [-0.4, -0.2) is 76.4 Å². The summed E-state index contributed by atoms with van der Waals surface area (Å²) in [5.74, 6) is 2.38. The van der Waals surface area contributed by atoms with Crippen molar-refractivity contribution < 1.29 is 23.8 Å². The molecule has 9 heteroatoms. The minimum absolute atomic E-state index is 0.0615. The quantitative estimate of drug-likeness (QED) is 0.572.